The lowest BCUT2D eigenvalue weighted by Crippen LogP contribution is -2.34. The van der Waals surface area contributed by atoms with Gasteiger partial charge in [0.2, 0.25) is 0 Å². The number of nitrogens with one attached hydrogen (secondary N) is 1. The Morgan fingerprint density at radius 3 is 1.89 bits per heavy atom. The molecule has 3 rings (SSSR count). The van der Waals surface area contributed by atoms with E-state index in [2.05, 4.69) is 53.8 Å². The van der Waals surface area contributed by atoms with Gasteiger partial charge in [-0.1, -0.05) is 48.5 Å². The average molecular weight is 268 g/mol. The van der Waals surface area contributed by atoms with Crippen molar-refractivity contribution < 1.29 is 0 Å². The Kier molecular flexibility index (Phi) is 3.22. The fourth-order valence-corrected chi connectivity index (χ4v) is 2.94. The Balaban J connectivity index is 2.16. The molecule has 0 aliphatic heterocycles. The minimum absolute atomic E-state index is 0.0624. The van der Waals surface area contributed by atoms with Gasteiger partial charge in [-0.15, -0.1) is 0 Å². The van der Waals surface area contributed by atoms with Gasteiger partial charge in [0.15, 0.2) is 5.11 Å². The number of thiocarbonyl (C=S) groups is 1. The number of hydrogen-bond donors (Lipinski definition) is 2. The van der Waals surface area contributed by atoms with E-state index in [1.54, 1.807) is 0 Å². The SMILES string of the molecule is NC(=S)NC1c2ccccc2CCc2ccccc21. The third kappa shape index (κ3) is 2.34. The van der Waals surface area contributed by atoms with E-state index in [4.69, 9.17) is 18.0 Å². The van der Waals surface area contributed by atoms with Crippen molar-refractivity contribution in [1.29, 1.82) is 0 Å². The highest BCUT2D eigenvalue weighted by molar-refractivity contribution is 7.80. The predicted molar refractivity (Wildman–Crippen MR) is 82.1 cm³/mol. The molecule has 96 valence electrons. The Labute approximate surface area is 118 Å². The van der Waals surface area contributed by atoms with Crippen molar-refractivity contribution in [2.75, 3.05) is 0 Å². The van der Waals surface area contributed by atoms with E-state index in [1.165, 1.54) is 22.3 Å². The van der Waals surface area contributed by atoms with Gasteiger partial charge in [0.1, 0.15) is 0 Å². The first-order chi connectivity index (χ1) is 9.25. The molecule has 0 atom stereocenters. The number of rotatable bonds is 1. The Bertz CT molecular complexity index is 574. The van der Waals surface area contributed by atoms with E-state index >= 15 is 0 Å². The molecule has 1 aliphatic carbocycles. The maximum atomic E-state index is 5.71. The van der Waals surface area contributed by atoms with Crippen LogP contribution in [0.2, 0.25) is 0 Å². The van der Waals surface area contributed by atoms with Crippen LogP contribution in [-0.2, 0) is 12.8 Å². The summed E-state index contributed by atoms with van der Waals surface area (Å²) in [6.45, 7) is 0. The molecule has 1 aliphatic rings. The van der Waals surface area contributed by atoms with Crippen LogP contribution in [0, 0.1) is 0 Å². The summed E-state index contributed by atoms with van der Waals surface area (Å²) in [5, 5.41) is 3.59. The van der Waals surface area contributed by atoms with E-state index in [0.29, 0.717) is 5.11 Å². The van der Waals surface area contributed by atoms with Crippen LogP contribution >= 0.6 is 12.2 Å². The molecule has 0 radical (unpaired) electrons. The van der Waals surface area contributed by atoms with Gasteiger partial charge in [0.05, 0.1) is 6.04 Å². The normalized spacial score (nSPS) is 14.1. The minimum Gasteiger partial charge on any atom is -0.376 e. The van der Waals surface area contributed by atoms with E-state index in [0.717, 1.165) is 12.8 Å². The van der Waals surface area contributed by atoms with Crippen molar-refractivity contribution >= 4 is 17.3 Å². The molecular weight excluding hydrogens is 252 g/mol. The summed E-state index contributed by atoms with van der Waals surface area (Å²) < 4.78 is 0. The van der Waals surface area contributed by atoms with E-state index < -0.39 is 0 Å². The topological polar surface area (TPSA) is 38.0 Å². The second-order valence-electron chi connectivity index (χ2n) is 4.84. The molecule has 0 heterocycles. The predicted octanol–water partition coefficient (Wildman–Crippen LogP) is 2.71. The molecule has 3 N–H and O–H groups in total. The molecule has 0 unspecified atom stereocenters. The summed E-state index contributed by atoms with van der Waals surface area (Å²) in [5.41, 5.74) is 11.0. The summed E-state index contributed by atoms with van der Waals surface area (Å²) in [4.78, 5) is 0. The highest BCUT2D eigenvalue weighted by Gasteiger charge is 2.22. The van der Waals surface area contributed by atoms with Crippen molar-refractivity contribution in [3.8, 4) is 0 Å². The molecular formula is C16H16N2S. The minimum atomic E-state index is 0.0624. The standard InChI is InChI=1S/C16H16N2S/c17-16(19)18-15-13-7-3-1-5-11(13)9-10-12-6-2-4-8-14(12)15/h1-8,15H,9-10H2,(H3,17,18,19). The summed E-state index contributed by atoms with van der Waals surface area (Å²) >= 11 is 5.05. The van der Waals surface area contributed by atoms with Crippen molar-refractivity contribution in [2.24, 2.45) is 5.73 Å². The largest absolute Gasteiger partial charge is 0.376 e. The molecule has 0 saturated carbocycles. The number of fused-ring (bicyclic) bond motifs is 2. The zero-order valence-corrected chi connectivity index (χ0v) is 11.4. The molecule has 0 fully saturated rings. The third-order valence-corrected chi connectivity index (χ3v) is 3.80. The molecule has 0 spiro atoms. The van der Waals surface area contributed by atoms with Crippen LogP contribution in [0.3, 0.4) is 0 Å². The van der Waals surface area contributed by atoms with Crippen LogP contribution in [0.25, 0.3) is 0 Å². The molecule has 0 aromatic heterocycles. The van der Waals surface area contributed by atoms with Gasteiger partial charge in [-0.2, -0.15) is 0 Å². The van der Waals surface area contributed by atoms with Crippen molar-refractivity contribution in [2.45, 2.75) is 18.9 Å². The lowest BCUT2D eigenvalue weighted by Gasteiger charge is -2.21. The molecule has 2 aromatic carbocycles. The lowest BCUT2D eigenvalue weighted by molar-refractivity contribution is 0.760. The van der Waals surface area contributed by atoms with E-state index in [1.807, 2.05) is 0 Å². The zero-order valence-electron chi connectivity index (χ0n) is 10.6. The molecule has 3 heteroatoms. The van der Waals surface area contributed by atoms with E-state index in [9.17, 15) is 0 Å². The van der Waals surface area contributed by atoms with Crippen molar-refractivity contribution in [3.05, 3.63) is 70.8 Å². The van der Waals surface area contributed by atoms with Gasteiger partial charge < -0.3 is 11.1 Å². The highest BCUT2D eigenvalue weighted by Crippen LogP contribution is 2.32. The fraction of sp³-hybridized carbons (Fsp3) is 0.188. The van der Waals surface area contributed by atoms with Gasteiger partial charge in [0, 0.05) is 0 Å². The molecule has 2 aromatic rings. The first-order valence-electron chi connectivity index (χ1n) is 6.47. The van der Waals surface area contributed by atoms with Gasteiger partial charge in [-0.3, -0.25) is 0 Å². The molecule has 0 saturated heterocycles. The van der Waals surface area contributed by atoms with Crippen LogP contribution in [0.4, 0.5) is 0 Å². The Morgan fingerprint density at radius 2 is 1.42 bits per heavy atom. The number of benzene rings is 2. The first-order valence-corrected chi connectivity index (χ1v) is 6.88. The van der Waals surface area contributed by atoms with Crippen LogP contribution in [0.15, 0.2) is 48.5 Å². The van der Waals surface area contributed by atoms with Gasteiger partial charge in [-0.25, -0.2) is 0 Å². The van der Waals surface area contributed by atoms with Crippen LogP contribution in [0.1, 0.15) is 28.3 Å². The van der Waals surface area contributed by atoms with E-state index in [-0.39, 0.29) is 6.04 Å². The number of hydrogen-bond acceptors (Lipinski definition) is 1. The molecule has 0 amide bonds. The summed E-state index contributed by atoms with van der Waals surface area (Å²) in [5.74, 6) is 0. The Hall–Kier alpha value is -1.87. The second-order valence-corrected chi connectivity index (χ2v) is 5.28. The molecule has 2 nitrogen and oxygen atoms in total. The highest BCUT2D eigenvalue weighted by atomic mass is 32.1. The molecule has 19 heavy (non-hydrogen) atoms. The van der Waals surface area contributed by atoms with Crippen molar-refractivity contribution in [1.82, 2.24) is 5.32 Å². The summed E-state index contributed by atoms with van der Waals surface area (Å²) in [6, 6.07) is 17.1. The fourth-order valence-electron chi connectivity index (χ4n) is 2.82. The van der Waals surface area contributed by atoms with Gasteiger partial charge in [-0.05, 0) is 47.3 Å². The summed E-state index contributed by atoms with van der Waals surface area (Å²) in [6.07, 6.45) is 2.12. The van der Waals surface area contributed by atoms with Crippen LogP contribution in [0.5, 0.6) is 0 Å². The lowest BCUT2D eigenvalue weighted by atomic mass is 9.95. The maximum absolute atomic E-state index is 5.71. The summed E-state index contributed by atoms with van der Waals surface area (Å²) in [7, 11) is 0. The number of nitrogens with two attached hydrogens (primary N) is 1. The maximum Gasteiger partial charge on any atom is 0.164 e. The average Bonchev–Trinajstić information content (AvgIpc) is 2.57. The van der Waals surface area contributed by atoms with Gasteiger partial charge in [0.25, 0.3) is 0 Å². The monoisotopic (exact) mass is 268 g/mol. The number of aryl methyl sites for hydroxylation is 2. The zero-order chi connectivity index (χ0) is 13.2. The first kappa shape index (κ1) is 12.2. The molecule has 0 bridgehead atoms. The second kappa shape index (κ2) is 5.02. The smallest absolute Gasteiger partial charge is 0.164 e. The van der Waals surface area contributed by atoms with Crippen molar-refractivity contribution in [3.63, 3.8) is 0 Å². The quantitative estimate of drug-likeness (QED) is 0.781. The Morgan fingerprint density at radius 1 is 0.947 bits per heavy atom. The van der Waals surface area contributed by atoms with Crippen LogP contribution in [-0.4, -0.2) is 5.11 Å². The van der Waals surface area contributed by atoms with Gasteiger partial charge >= 0.3 is 0 Å². The third-order valence-electron chi connectivity index (χ3n) is 3.68. The van der Waals surface area contributed by atoms with Crippen LogP contribution < -0.4 is 11.1 Å².